The van der Waals surface area contributed by atoms with Crippen LogP contribution >= 0.6 is 0 Å². The molecule has 0 aliphatic carbocycles. The molecular weight excluding hydrogens is 278 g/mol. The zero-order valence-electron chi connectivity index (χ0n) is 13.6. The summed E-state index contributed by atoms with van der Waals surface area (Å²) < 4.78 is 5.79. The third-order valence-corrected chi connectivity index (χ3v) is 3.13. The Labute approximate surface area is 131 Å². The number of rotatable bonds is 7. The lowest BCUT2D eigenvalue weighted by molar-refractivity contribution is 0.244. The Bertz CT molecular complexity index is 599. The maximum absolute atomic E-state index is 5.79. The van der Waals surface area contributed by atoms with E-state index in [1.165, 1.54) is 0 Å². The van der Waals surface area contributed by atoms with Gasteiger partial charge >= 0.3 is 0 Å². The maximum atomic E-state index is 5.79. The lowest BCUT2D eigenvalue weighted by Crippen LogP contribution is -2.23. The Morgan fingerprint density at radius 1 is 1.18 bits per heavy atom. The lowest BCUT2D eigenvalue weighted by atomic mass is 10.3. The average molecular weight is 301 g/mol. The van der Waals surface area contributed by atoms with Crippen molar-refractivity contribution < 1.29 is 4.74 Å². The molecule has 118 valence electrons. The van der Waals surface area contributed by atoms with Gasteiger partial charge in [0.05, 0.1) is 18.0 Å². The molecule has 1 heterocycles. The van der Waals surface area contributed by atoms with Gasteiger partial charge in [-0.05, 0) is 39.8 Å². The number of hydrogen-bond donors (Lipinski definition) is 1. The molecule has 6 heteroatoms. The molecule has 1 aromatic heterocycles. The van der Waals surface area contributed by atoms with Crippen molar-refractivity contribution in [3.8, 4) is 5.75 Å². The van der Waals surface area contributed by atoms with Crippen molar-refractivity contribution in [2.75, 3.05) is 23.3 Å². The van der Waals surface area contributed by atoms with E-state index in [1.807, 2.05) is 38.1 Å². The topological polar surface area (TPSA) is 63.2 Å². The van der Waals surface area contributed by atoms with Gasteiger partial charge in [0.2, 0.25) is 5.95 Å². The molecule has 1 aromatic carbocycles. The minimum Gasteiger partial charge on any atom is -0.489 e. The largest absolute Gasteiger partial charge is 0.489 e. The molecule has 1 N–H and O–H groups in total. The molecule has 0 aliphatic heterocycles. The number of ether oxygens (including phenoxy) is 1. The molecule has 6 nitrogen and oxygen atoms in total. The predicted molar refractivity (Wildman–Crippen MR) is 88.9 cm³/mol. The second-order valence-electron chi connectivity index (χ2n) is 5.10. The molecule has 0 radical (unpaired) electrons. The van der Waals surface area contributed by atoms with Gasteiger partial charge in [0.25, 0.3) is 0 Å². The summed E-state index contributed by atoms with van der Waals surface area (Å²) in [5.74, 6) is 2.04. The lowest BCUT2D eigenvalue weighted by Gasteiger charge is -2.19. The van der Waals surface area contributed by atoms with E-state index in [0.717, 1.165) is 30.3 Å². The molecule has 0 amide bonds. The van der Waals surface area contributed by atoms with Crippen LogP contribution in [-0.2, 0) is 0 Å². The standard InChI is InChI=1S/C16H23N5O/c1-5-21(6-2)15-11-17-20-16(19-15)18-13-9-7-8-10-14(13)22-12(3)4/h7-12H,5-6H2,1-4H3,(H,18,19,20). The van der Waals surface area contributed by atoms with Crippen LogP contribution in [0.15, 0.2) is 30.5 Å². The monoisotopic (exact) mass is 301 g/mol. The van der Waals surface area contributed by atoms with Crippen molar-refractivity contribution in [2.45, 2.75) is 33.8 Å². The summed E-state index contributed by atoms with van der Waals surface area (Å²) in [7, 11) is 0. The fourth-order valence-corrected chi connectivity index (χ4v) is 2.09. The molecule has 0 saturated carbocycles. The van der Waals surface area contributed by atoms with Gasteiger partial charge in [0.1, 0.15) is 5.75 Å². The van der Waals surface area contributed by atoms with E-state index < -0.39 is 0 Å². The zero-order chi connectivity index (χ0) is 15.9. The summed E-state index contributed by atoms with van der Waals surface area (Å²) in [5, 5.41) is 11.3. The fourth-order valence-electron chi connectivity index (χ4n) is 2.09. The van der Waals surface area contributed by atoms with Gasteiger partial charge in [-0.1, -0.05) is 12.1 Å². The highest BCUT2D eigenvalue weighted by Crippen LogP contribution is 2.27. The van der Waals surface area contributed by atoms with Gasteiger partial charge in [0, 0.05) is 13.1 Å². The van der Waals surface area contributed by atoms with Crippen LogP contribution in [-0.4, -0.2) is 34.4 Å². The Morgan fingerprint density at radius 2 is 1.91 bits per heavy atom. The second kappa shape index (κ2) is 7.59. The zero-order valence-corrected chi connectivity index (χ0v) is 13.6. The first-order chi connectivity index (χ1) is 10.6. The van der Waals surface area contributed by atoms with Crippen molar-refractivity contribution in [3.63, 3.8) is 0 Å². The predicted octanol–water partition coefficient (Wildman–Crippen LogP) is 3.25. The van der Waals surface area contributed by atoms with Gasteiger partial charge < -0.3 is 15.0 Å². The average Bonchev–Trinajstić information content (AvgIpc) is 2.50. The smallest absolute Gasteiger partial charge is 0.249 e. The summed E-state index contributed by atoms with van der Waals surface area (Å²) in [6, 6.07) is 7.74. The first-order valence-electron chi connectivity index (χ1n) is 7.61. The number of para-hydroxylation sites is 2. The number of nitrogens with one attached hydrogen (secondary N) is 1. The van der Waals surface area contributed by atoms with Gasteiger partial charge in [-0.15, -0.1) is 5.10 Å². The Balaban J connectivity index is 2.22. The van der Waals surface area contributed by atoms with Crippen LogP contribution < -0.4 is 15.0 Å². The second-order valence-corrected chi connectivity index (χ2v) is 5.10. The highest BCUT2D eigenvalue weighted by Gasteiger charge is 2.09. The van der Waals surface area contributed by atoms with Gasteiger partial charge in [-0.3, -0.25) is 0 Å². The summed E-state index contributed by atoms with van der Waals surface area (Å²) in [5.41, 5.74) is 0.828. The minimum absolute atomic E-state index is 0.101. The third-order valence-electron chi connectivity index (χ3n) is 3.13. The van der Waals surface area contributed by atoms with Crippen LogP contribution in [0.25, 0.3) is 0 Å². The van der Waals surface area contributed by atoms with E-state index in [4.69, 9.17) is 4.74 Å². The number of hydrogen-bond acceptors (Lipinski definition) is 6. The van der Waals surface area contributed by atoms with E-state index in [0.29, 0.717) is 5.95 Å². The third kappa shape index (κ3) is 4.07. The van der Waals surface area contributed by atoms with Crippen LogP contribution in [0.4, 0.5) is 17.5 Å². The fraction of sp³-hybridized carbons (Fsp3) is 0.438. The van der Waals surface area contributed by atoms with Crippen LogP contribution in [0.3, 0.4) is 0 Å². The minimum atomic E-state index is 0.101. The molecule has 0 fully saturated rings. The van der Waals surface area contributed by atoms with Gasteiger partial charge in [-0.25, -0.2) is 0 Å². The van der Waals surface area contributed by atoms with Crippen molar-refractivity contribution in [3.05, 3.63) is 30.5 Å². The molecule has 0 atom stereocenters. The van der Waals surface area contributed by atoms with E-state index in [1.54, 1.807) is 6.20 Å². The van der Waals surface area contributed by atoms with E-state index in [2.05, 4.69) is 39.2 Å². The molecule has 0 saturated heterocycles. The van der Waals surface area contributed by atoms with Crippen molar-refractivity contribution in [1.29, 1.82) is 0 Å². The summed E-state index contributed by atoms with van der Waals surface area (Å²) in [6.07, 6.45) is 1.78. The number of anilines is 3. The van der Waals surface area contributed by atoms with E-state index in [9.17, 15) is 0 Å². The summed E-state index contributed by atoms with van der Waals surface area (Å²) >= 11 is 0. The Hall–Kier alpha value is -2.37. The van der Waals surface area contributed by atoms with Crippen LogP contribution in [0.1, 0.15) is 27.7 Å². The molecule has 0 unspecified atom stereocenters. The first-order valence-corrected chi connectivity index (χ1v) is 7.61. The molecule has 2 rings (SSSR count). The summed E-state index contributed by atoms with van der Waals surface area (Å²) in [6.45, 7) is 9.92. The van der Waals surface area contributed by atoms with Crippen molar-refractivity contribution >= 4 is 17.5 Å². The van der Waals surface area contributed by atoms with Crippen LogP contribution in [0.5, 0.6) is 5.75 Å². The number of nitrogens with zero attached hydrogens (tertiary/aromatic N) is 4. The van der Waals surface area contributed by atoms with E-state index >= 15 is 0 Å². The van der Waals surface area contributed by atoms with Crippen LogP contribution in [0.2, 0.25) is 0 Å². The highest BCUT2D eigenvalue weighted by atomic mass is 16.5. The highest BCUT2D eigenvalue weighted by molar-refractivity contribution is 5.62. The summed E-state index contributed by atoms with van der Waals surface area (Å²) in [4.78, 5) is 6.64. The number of aromatic nitrogens is 3. The molecule has 22 heavy (non-hydrogen) atoms. The SMILES string of the molecule is CCN(CC)c1cnnc(Nc2ccccc2OC(C)C)n1. The normalized spacial score (nSPS) is 10.6. The van der Waals surface area contributed by atoms with Crippen molar-refractivity contribution in [2.24, 2.45) is 0 Å². The van der Waals surface area contributed by atoms with Gasteiger partial charge in [0.15, 0.2) is 5.82 Å². The molecule has 0 bridgehead atoms. The molecule has 0 spiro atoms. The Morgan fingerprint density at radius 3 is 2.59 bits per heavy atom. The maximum Gasteiger partial charge on any atom is 0.249 e. The Kier molecular flexibility index (Phi) is 5.52. The molecule has 2 aromatic rings. The van der Waals surface area contributed by atoms with E-state index in [-0.39, 0.29) is 6.10 Å². The first kappa shape index (κ1) is 16.0. The quantitative estimate of drug-likeness (QED) is 0.847. The van der Waals surface area contributed by atoms with Crippen molar-refractivity contribution in [1.82, 2.24) is 15.2 Å². The van der Waals surface area contributed by atoms with Crippen LogP contribution in [0, 0.1) is 0 Å². The van der Waals surface area contributed by atoms with Gasteiger partial charge in [-0.2, -0.15) is 10.1 Å². The molecular formula is C16H23N5O. The number of benzene rings is 1. The molecule has 0 aliphatic rings.